The number of rotatable bonds is 8. The average Bonchev–Trinajstić information content (AvgIpc) is 3.51. The van der Waals surface area contributed by atoms with Gasteiger partial charge in [0, 0.05) is 61.5 Å². The van der Waals surface area contributed by atoms with Crippen LogP contribution in [-0.4, -0.2) is 57.3 Å². The first-order chi connectivity index (χ1) is 21.7. The highest BCUT2D eigenvalue weighted by Gasteiger charge is 2.16. The second kappa shape index (κ2) is 12.9. The van der Waals surface area contributed by atoms with Gasteiger partial charge in [0.15, 0.2) is 11.5 Å². The van der Waals surface area contributed by atoms with Crippen LogP contribution in [0.15, 0.2) is 91.4 Å². The molecule has 1 fully saturated rings. The highest BCUT2D eigenvalue weighted by molar-refractivity contribution is 6.04. The quantitative estimate of drug-likeness (QED) is 0.139. The number of ether oxygens (including phenoxy) is 1. The summed E-state index contributed by atoms with van der Waals surface area (Å²) in [4.78, 5) is 24.5. The Morgan fingerprint density at radius 2 is 1.71 bits per heavy atom. The first-order valence-corrected chi connectivity index (χ1v) is 15.3. The SMILES string of the molecule is CC(C)(C)c1ccc(C(=O)Nc2cccc(Cc3cn4ccnc4c(Nc4ccc(CC(=N)N5CCOCC5)cc4)n3)c2)cc1. The fourth-order valence-electron chi connectivity index (χ4n) is 5.43. The van der Waals surface area contributed by atoms with E-state index in [1.165, 1.54) is 5.56 Å². The molecule has 1 aliphatic rings. The summed E-state index contributed by atoms with van der Waals surface area (Å²) in [6.45, 7) is 9.37. The lowest BCUT2D eigenvalue weighted by Gasteiger charge is -2.29. The molecule has 0 unspecified atom stereocenters. The highest BCUT2D eigenvalue weighted by atomic mass is 16.5. The van der Waals surface area contributed by atoms with E-state index in [1.807, 2.05) is 89.6 Å². The van der Waals surface area contributed by atoms with Crippen LogP contribution in [0, 0.1) is 5.41 Å². The zero-order valence-electron chi connectivity index (χ0n) is 26.0. The van der Waals surface area contributed by atoms with Crippen LogP contribution in [0.3, 0.4) is 0 Å². The molecule has 0 atom stereocenters. The molecule has 3 N–H and O–H groups in total. The number of imidazole rings is 1. The smallest absolute Gasteiger partial charge is 0.255 e. The van der Waals surface area contributed by atoms with E-state index >= 15 is 0 Å². The lowest BCUT2D eigenvalue weighted by atomic mass is 9.87. The minimum atomic E-state index is -0.138. The van der Waals surface area contributed by atoms with Crippen LogP contribution in [0.2, 0.25) is 0 Å². The molecular weight excluding hydrogens is 562 g/mol. The number of nitrogens with one attached hydrogen (secondary N) is 3. The van der Waals surface area contributed by atoms with Crippen molar-refractivity contribution in [3.05, 3.63) is 119 Å². The Hall–Kier alpha value is -5.02. The van der Waals surface area contributed by atoms with Crippen molar-refractivity contribution in [1.82, 2.24) is 19.3 Å². The van der Waals surface area contributed by atoms with Crippen LogP contribution in [0.25, 0.3) is 5.65 Å². The summed E-state index contributed by atoms with van der Waals surface area (Å²) in [5.41, 5.74) is 7.18. The van der Waals surface area contributed by atoms with Gasteiger partial charge in [0.2, 0.25) is 0 Å². The van der Waals surface area contributed by atoms with E-state index in [2.05, 4.69) is 41.3 Å². The Balaban J connectivity index is 1.13. The van der Waals surface area contributed by atoms with Crippen molar-refractivity contribution in [1.29, 1.82) is 5.41 Å². The number of benzene rings is 3. The summed E-state index contributed by atoms with van der Waals surface area (Å²) in [6.07, 6.45) is 6.82. The number of hydrogen-bond acceptors (Lipinski definition) is 6. The first kappa shape index (κ1) is 30.0. The predicted molar refractivity (Wildman–Crippen MR) is 179 cm³/mol. The van der Waals surface area contributed by atoms with Crippen LogP contribution in [0.4, 0.5) is 17.2 Å². The Morgan fingerprint density at radius 3 is 2.44 bits per heavy atom. The molecule has 5 aromatic rings. The summed E-state index contributed by atoms with van der Waals surface area (Å²) in [7, 11) is 0. The second-order valence-corrected chi connectivity index (χ2v) is 12.4. The maximum atomic E-state index is 13.0. The molecule has 0 spiro atoms. The molecular formula is C36H39N7O2. The van der Waals surface area contributed by atoms with Crippen molar-refractivity contribution in [2.75, 3.05) is 36.9 Å². The van der Waals surface area contributed by atoms with Crippen molar-refractivity contribution < 1.29 is 9.53 Å². The summed E-state index contributed by atoms with van der Waals surface area (Å²) >= 11 is 0. The number of nitrogens with zero attached hydrogens (tertiary/aromatic N) is 4. The van der Waals surface area contributed by atoms with Crippen LogP contribution < -0.4 is 10.6 Å². The van der Waals surface area contributed by atoms with Crippen molar-refractivity contribution in [2.45, 2.75) is 39.0 Å². The molecule has 45 heavy (non-hydrogen) atoms. The average molecular weight is 602 g/mol. The maximum absolute atomic E-state index is 13.0. The predicted octanol–water partition coefficient (Wildman–Crippen LogP) is 6.47. The fourth-order valence-corrected chi connectivity index (χ4v) is 5.43. The van der Waals surface area contributed by atoms with Gasteiger partial charge in [-0.15, -0.1) is 0 Å². The molecule has 0 radical (unpaired) electrons. The van der Waals surface area contributed by atoms with E-state index in [-0.39, 0.29) is 11.3 Å². The van der Waals surface area contributed by atoms with Gasteiger partial charge in [-0.05, 0) is 58.5 Å². The zero-order chi connectivity index (χ0) is 31.4. The van der Waals surface area contributed by atoms with E-state index in [0.717, 1.165) is 46.9 Å². The van der Waals surface area contributed by atoms with E-state index in [4.69, 9.17) is 15.1 Å². The van der Waals surface area contributed by atoms with E-state index in [9.17, 15) is 4.79 Å². The number of amidine groups is 1. The minimum absolute atomic E-state index is 0.0338. The van der Waals surface area contributed by atoms with E-state index in [0.29, 0.717) is 43.3 Å². The van der Waals surface area contributed by atoms with Crippen LogP contribution in [0.5, 0.6) is 0 Å². The molecule has 1 saturated heterocycles. The summed E-state index contributed by atoms with van der Waals surface area (Å²) in [6, 6.07) is 23.8. The first-order valence-electron chi connectivity index (χ1n) is 15.3. The molecule has 0 bridgehead atoms. The zero-order valence-corrected chi connectivity index (χ0v) is 26.0. The third-order valence-electron chi connectivity index (χ3n) is 7.99. The molecule has 6 rings (SSSR count). The third kappa shape index (κ3) is 7.38. The molecule has 3 heterocycles. The molecule has 1 amide bonds. The number of anilines is 3. The molecule has 9 heteroatoms. The number of carbonyl (C=O) groups excluding carboxylic acids is 1. The van der Waals surface area contributed by atoms with Crippen molar-refractivity contribution in [3.63, 3.8) is 0 Å². The molecule has 9 nitrogen and oxygen atoms in total. The van der Waals surface area contributed by atoms with E-state index in [1.54, 1.807) is 6.20 Å². The Kier molecular flexibility index (Phi) is 8.62. The largest absolute Gasteiger partial charge is 0.378 e. The molecule has 1 aliphatic heterocycles. The summed E-state index contributed by atoms with van der Waals surface area (Å²) in [5.74, 6) is 1.14. The maximum Gasteiger partial charge on any atom is 0.255 e. The number of morpholine rings is 1. The van der Waals surface area contributed by atoms with Gasteiger partial charge in [-0.25, -0.2) is 9.97 Å². The normalized spacial score (nSPS) is 13.5. The number of fused-ring (bicyclic) bond motifs is 1. The Labute approximate surface area is 263 Å². The Morgan fingerprint density at radius 1 is 0.956 bits per heavy atom. The molecule has 0 aliphatic carbocycles. The molecule has 3 aromatic carbocycles. The Bertz CT molecular complexity index is 1800. The lowest BCUT2D eigenvalue weighted by molar-refractivity contribution is 0.0670. The molecule has 0 saturated carbocycles. The van der Waals surface area contributed by atoms with Gasteiger partial charge in [0.1, 0.15) is 5.84 Å². The minimum Gasteiger partial charge on any atom is -0.378 e. The van der Waals surface area contributed by atoms with Gasteiger partial charge in [-0.3, -0.25) is 10.2 Å². The van der Waals surface area contributed by atoms with Gasteiger partial charge in [-0.1, -0.05) is 57.2 Å². The van der Waals surface area contributed by atoms with Crippen LogP contribution >= 0.6 is 0 Å². The monoisotopic (exact) mass is 601 g/mol. The van der Waals surface area contributed by atoms with Gasteiger partial charge in [0.05, 0.1) is 18.9 Å². The highest BCUT2D eigenvalue weighted by Crippen LogP contribution is 2.24. The second-order valence-electron chi connectivity index (χ2n) is 12.4. The van der Waals surface area contributed by atoms with Crippen LogP contribution in [-0.2, 0) is 23.0 Å². The number of carbonyl (C=O) groups is 1. The standard InChI is InChI=1S/C36H39N7O2/c1-36(2,3)28-11-9-27(10-12-28)35(44)41-30-6-4-5-26(21-30)22-31-24-43-16-15-38-34(43)33(40-31)39-29-13-7-25(8-14-29)23-32(37)42-17-19-45-20-18-42/h4-16,21,24,37H,17-20,22-23H2,1-3H3,(H,39,40)(H,41,44). The molecule has 230 valence electrons. The third-order valence-corrected chi connectivity index (χ3v) is 7.99. The number of aromatic nitrogens is 3. The van der Waals surface area contributed by atoms with Gasteiger partial charge in [0.25, 0.3) is 5.91 Å². The van der Waals surface area contributed by atoms with Crippen molar-refractivity contribution in [2.24, 2.45) is 0 Å². The van der Waals surface area contributed by atoms with Crippen molar-refractivity contribution >= 4 is 34.6 Å². The topological polar surface area (TPSA) is 108 Å². The summed E-state index contributed by atoms with van der Waals surface area (Å²) in [5, 5.41) is 14.9. The number of hydrogen-bond donors (Lipinski definition) is 3. The fraction of sp³-hybridized carbons (Fsp3) is 0.278. The van der Waals surface area contributed by atoms with E-state index < -0.39 is 0 Å². The molecule has 2 aromatic heterocycles. The van der Waals surface area contributed by atoms with Crippen molar-refractivity contribution in [3.8, 4) is 0 Å². The van der Waals surface area contributed by atoms with Gasteiger partial charge >= 0.3 is 0 Å². The lowest BCUT2D eigenvalue weighted by Crippen LogP contribution is -2.41. The number of amides is 1. The van der Waals surface area contributed by atoms with Gasteiger partial charge in [-0.2, -0.15) is 0 Å². The summed E-state index contributed by atoms with van der Waals surface area (Å²) < 4.78 is 7.38. The van der Waals surface area contributed by atoms with Gasteiger partial charge < -0.3 is 24.7 Å². The van der Waals surface area contributed by atoms with Crippen LogP contribution in [0.1, 0.15) is 53.5 Å².